The molecule has 1 N–H and O–H groups in total. The van der Waals surface area contributed by atoms with Crippen molar-refractivity contribution >= 4 is 5.91 Å². The van der Waals surface area contributed by atoms with Crippen molar-refractivity contribution in [2.24, 2.45) is 5.92 Å². The smallest absolute Gasteiger partial charge is 0.315 e. The number of hydrogen-bond donors (Lipinski definition) is 1. The Kier molecular flexibility index (Phi) is 3.50. The van der Waals surface area contributed by atoms with E-state index in [4.69, 9.17) is 4.52 Å². The van der Waals surface area contributed by atoms with Crippen molar-refractivity contribution in [1.82, 2.24) is 20.4 Å². The molecular weight excluding hydrogens is 256 g/mol. The summed E-state index contributed by atoms with van der Waals surface area (Å²) < 4.78 is 5.06. The molecule has 1 amide bonds. The minimum absolute atomic E-state index is 0.0992. The Hall–Kier alpha value is -1.43. The van der Waals surface area contributed by atoms with Crippen molar-refractivity contribution in [1.29, 1.82) is 0 Å². The number of hydrogen-bond acceptors (Lipinski definition) is 5. The number of carbonyl (C=O) groups is 1. The predicted octanol–water partition coefficient (Wildman–Crippen LogP) is 1.41. The highest BCUT2D eigenvalue weighted by Gasteiger charge is 2.34. The Morgan fingerprint density at radius 1 is 1.40 bits per heavy atom. The van der Waals surface area contributed by atoms with Crippen LogP contribution in [0.5, 0.6) is 0 Å². The number of aromatic nitrogens is 2. The van der Waals surface area contributed by atoms with Crippen LogP contribution >= 0.6 is 0 Å². The van der Waals surface area contributed by atoms with Crippen LogP contribution in [-0.2, 0) is 0 Å². The van der Waals surface area contributed by atoms with Gasteiger partial charge in [0.25, 0.3) is 0 Å². The Balaban J connectivity index is 1.60. The highest BCUT2D eigenvalue weighted by molar-refractivity contribution is 5.89. The van der Waals surface area contributed by atoms with Gasteiger partial charge in [-0.05, 0) is 32.6 Å². The molecule has 110 valence electrons. The van der Waals surface area contributed by atoms with Gasteiger partial charge >= 0.3 is 11.8 Å². The Morgan fingerprint density at radius 2 is 2.15 bits per heavy atom. The zero-order valence-corrected chi connectivity index (χ0v) is 12.3. The second-order valence-corrected chi connectivity index (χ2v) is 6.34. The quantitative estimate of drug-likeness (QED) is 0.901. The molecule has 1 saturated heterocycles. The zero-order chi connectivity index (χ0) is 14.3. The molecule has 0 spiro atoms. The summed E-state index contributed by atoms with van der Waals surface area (Å²) in [5.74, 6) is 1.38. The second-order valence-electron chi connectivity index (χ2n) is 6.34. The molecular formula is C14H22N4O2. The lowest BCUT2D eigenvalue weighted by Crippen LogP contribution is -2.40. The first-order valence-corrected chi connectivity index (χ1v) is 7.43. The van der Waals surface area contributed by atoms with E-state index in [1.807, 2.05) is 0 Å². The third-order valence-electron chi connectivity index (χ3n) is 4.27. The first-order chi connectivity index (χ1) is 9.54. The number of nitrogens with one attached hydrogen (secondary N) is 1. The van der Waals surface area contributed by atoms with E-state index in [0.717, 1.165) is 25.9 Å². The zero-order valence-electron chi connectivity index (χ0n) is 12.3. The summed E-state index contributed by atoms with van der Waals surface area (Å²) in [6.07, 6.45) is 2.20. The van der Waals surface area contributed by atoms with Crippen molar-refractivity contribution in [2.75, 3.05) is 13.1 Å². The van der Waals surface area contributed by atoms with Gasteiger partial charge < -0.3 is 9.84 Å². The van der Waals surface area contributed by atoms with Crippen molar-refractivity contribution in [3.05, 3.63) is 11.7 Å². The largest absolute Gasteiger partial charge is 0.343 e. The summed E-state index contributed by atoms with van der Waals surface area (Å²) in [6.45, 7) is 8.42. The van der Waals surface area contributed by atoms with Gasteiger partial charge in [0.2, 0.25) is 0 Å². The molecule has 2 fully saturated rings. The average molecular weight is 278 g/mol. The fraction of sp³-hybridized carbons (Fsp3) is 0.786. The van der Waals surface area contributed by atoms with Gasteiger partial charge in [0, 0.05) is 31.1 Å². The lowest BCUT2D eigenvalue weighted by Gasteiger charge is -2.20. The summed E-state index contributed by atoms with van der Waals surface area (Å²) in [4.78, 5) is 18.7. The van der Waals surface area contributed by atoms with Crippen LogP contribution in [0.1, 0.15) is 56.0 Å². The van der Waals surface area contributed by atoms with Crippen molar-refractivity contribution in [2.45, 2.75) is 51.6 Å². The molecule has 2 heterocycles. The van der Waals surface area contributed by atoms with Gasteiger partial charge in [0.15, 0.2) is 5.82 Å². The molecule has 6 nitrogen and oxygen atoms in total. The van der Waals surface area contributed by atoms with E-state index in [-0.39, 0.29) is 17.8 Å². The van der Waals surface area contributed by atoms with Crippen molar-refractivity contribution in [3.8, 4) is 0 Å². The predicted molar refractivity (Wildman–Crippen MR) is 73.4 cm³/mol. The SMILES string of the molecule is CC1CN(C(C)C)CC1NC(=O)c1nc(C2CC2)no1. The highest BCUT2D eigenvalue weighted by Crippen LogP contribution is 2.38. The summed E-state index contributed by atoms with van der Waals surface area (Å²) in [6, 6.07) is 0.658. The molecule has 2 aliphatic rings. The van der Waals surface area contributed by atoms with Gasteiger partial charge in [-0.15, -0.1) is 0 Å². The van der Waals surface area contributed by atoms with Gasteiger partial charge in [-0.3, -0.25) is 9.69 Å². The third kappa shape index (κ3) is 2.70. The monoisotopic (exact) mass is 278 g/mol. The highest BCUT2D eigenvalue weighted by atomic mass is 16.5. The van der Waals surface area contributed by atoms with Crippen LogP contribution in [0.2, 0.25) is 0 Å². The first kappa shape index (κ1) is 13.5. The summed E-state index contributed by atoms with van der Waals surface area (Å²) in [5.41, 5.74) is 0. The van der Waals surface area contributed by atoms with Gasteiger partial charge in [0.05, 0.1) is 0 Å². The molecule has 2 atom stereocenters. The van der Waals surface area contributed by atoms with Crippen LogP contribution in [0.4, 0.5) is 0 Å². The number of likely N-dealkylation sites (tertiary alicyclic amines) is 1. The third-order valence-corrected chi connectivity index (χ3v) is 4.27. The van der Waals surface area contributed by atoms with E-state index in [2.05, 4.69) is 41.1 Å². The van der Waals surface area contributed by atoms with Crippen molar-refractivity contribution < 1.29 is 9.32 Å². The van der Waals surface area contributed by atoms with Crippen molar-refractivity contribution in [3.63, 3.8) is 0 Å². The molecule has 1 aliphatic carbocycles. The maximum absolute atomic E-state index is 12.2. The molecule has 1 aliphatic heterocycles. The minimum Gasteiger partial charge on any atom is -0.343 e. The molecule has 20 heavy (non-hydrogen) atoms. The molecule has 0 radical (unpaired) electrons. The molecule has 6 heteroatoms. The Labute approximate surface area is 118 Å². The standard InChI is InChI=1S/C14H22N4O2/c1-8(2)18-6-9(3)11(7-18)15-13(19)14-16-12(17-20-14)10-4-5-10/h8-11H,4-7H2,1-3H3,(H,15,19). The molecule has 0 aromatic carbocycles. The number of rotatable bonds is 4. The van der Waals surface area contributed by atoms with E-state index < -0.39 is 0 Å². The van der Waals surface area contributed by atoms with Crippen LogP contribution in [0.15, 0.2) is 4.52 Å². The number of amides is 1. The normalized spacial score (nSPS) is 27.2. The lowest BCUT2D eigenvalue weighted by molar-refractivity contribution is 0.0886. The summed E-state index contributed by atoms with van der Waals surface area (Å²) in [5, 5.41) is 6.90. The van der Waals surface area contributed by atoms with E-state index in [0.29, 0.717) is 23.7 Å². The Bertz CT molecular complexity index is 495. The van der Waals surface area contributed by atoms with E-state index >= 15 is 0 Å². The maximum Gasteiger partial charge on any atom is 0.315 e. The van der Waals surface area contributed by atoms with Crippen LogP contribution in [0.25, 0.3) is 0 Å². The molecule has 1 aromatic heterocycles. The molecule has 3 rings (SSSR count). The van der Waals surface area contributed by atoms with E-state index in [1.54, 1.807) is 0 Å². The Morgan fingerprint density at radius 3 is 2.75 bits per heavy atom. The fourth-order valence-electron chi connectivity index (χ4n) is 2.68. The summed E-state index contributed by atoms with van der Waals surface area (Å²) in [7, 11) is 0. The molecule has 2 unspecified atom stereocenters. The fourth-order valence-corrected chi connectivity index (χ4v) is 2.68. The minimum atomic E-state index is -0.244. The van der Waals surface area contributed by atoms with E-state index in [1.165, 1.54) is 0 Å². The van der Waals surface area contributed by atoms with Crippen LogP contribution < -0.4 is 5.32 Å². The average Bonchev–Trinajstić information content (AvgIpc) is 3.01. The number of nitrogens with zero attached hydrogens (tertiary/aromatic N) is 3. The maximum atomic E-state index is 12.2. The van der Waals surface area contributed by atoms with Gasteiger partial charge in [0.1, 0.15) is 0 Å². The van der Waals surface area contributed by atoms with Gasteiger partial charge in [-0.2, -0.15) is 4.98 Å². The van der Waals surface area contributed by atoms with Gasteiger partial charge in [-0.25, -0.2) is 0 Å². The van der Waals surface area contributed by atoms with Crippen LogP contribution in [-0.4, -0.2) is 46.1 Å². The van der Waals surface area contributed by atoms with Crippen LogP contribution in [0.3, 0.4) is 0 Å². The lowest BCUT2D eigenvalue weighted by atomic mass is 10.1. The topological polar surface area (TPSA) is 71.3 Å². The first-order valence-electron chi connectivity index (χ1n) is 7.43. The van der Waals surface area contributed by atoms with E-state index in [9.17, 15) is 4.79 Å². The molecule has 1 aromatic rings. The second kappa shape index (κ2) is 5.16. The number of carbonyl (C=O) groups excluding carboxylic acids is 1. The molecule has 1 saturated carbocycles. The van der Waals surface area contributed by atoms with Gasteiger partial charge in [-0.1, -0.05) is 12.1 Å². The molecule has 0 bridgehead atoms. The van der Waals surface area contributed by atoms with Crippen LogP contribution in [0, 0.1) is 5.92 Å². The summed E-state index contributed by atoms with van der Waals surface area (Å²) >= 11 is 0.